The van der Waals surface area contributed by atoms with Gasteiger partial charge in [0.2, 0.25) is 5.91 Å². The van der Waals surface area contributed by atoms with E-state index in [1.807, 2.05) is 24.3 Å². The van der Waals surface area contributed by atoms with Gasteiger partial charge in [-0.1, -0.05) is 28.1 Å². The number of nitrogens with one attached hydrogen (secondary N) is 1. The van der Waals surface area contributed by atoms with Gasteiger partial charge >= 0.3 is 6.18 Å². The van der Waals surface area contributed by atoms with Crippen molar-refractivity contribution in [3.05, 3.63) is 52.3 Å². The lowest BCUT2D eigenvalue weighted by molar-refractivity contribution is -0.141. The van der Waals surface area contributed by atoms with E-state index in [-0.39, 0.29) is 12.6 Å². The Morgan fingerprint density at radius 2 is 1.95 bits per heavy atom. The fourth-order valence-corrected chi connectivity index (χ4v) is 2.13. The predicted molar refractivity (Wildman–Crippen MR) is 77.9 cm³/mol. The Hall–Kier alpha value is -1.83. The molecular formula is C14H13BrF3N3O. The van der Waals surface area contributed by atoms with E-state index < -0.39 is 17.8 Å². The summed E-state index contributed by atoms with van der Waals surface area (Å²) in [6.07, 6.45) is -3.38. The fraction of sp³-hybridized carbons (Fsp3) is 0.286. The van der Waals surface area contributed by atoms with Gasteiger partial charge in [0.15, 0.2) is 5.69 Å². The minimum absolute atomic E-state index is 0.252. The van der Waals surface area contributed by atoms with E-state index in [4.69, 9.17) is 0 Å². The molecule has 22 heavy (non-hydrogen) atoms. The molecule has 1 N–H and O–H groups in total. The molecule has 0 radical (unpaired) electrons. The van der Waals surface area contributed by atoms with E-state index in [0.717, 1.165) is 27.0 Å². The molecule has 1 atom stereocenters. The highest BCUT2D eigenvalue weighted by molar-refractivity contribution is 9.10. The maximum atomic E-state index is 12.4. The highest BCUT2D eigenvalue weighted by Crippen LogP contribution is 2.27. The zero-order valence-corrected chi connectivity index (χ0v) is 13.1. The minimum Gasteiger partial charge on any atom is -0.348 e. The number of halogens is 4. The van der Waals surface area contributed by atoms with Crippen LogP contribution in [0.25, 0.3) is 0 Å². The third kappa shape index (κ3) is 4.33. The number of carbonyl (C=O) groups is 1. The second-order valence-electron chi connectivity index (χ2n) is 4.74. The predicted octanol–water partition coefficient (Wildman–Crippen LogP) is 3.54. The molecule has 1 unspecified atom stereocenters. The van der Waals surface area contributed by atoms with Gasteiger partial charge in [0.05, 0.1) is 6.04 Å². The van der Waals surface area contributed by atoms with E-state index in [0.29, 0.717) is 0 Å². The highest BCUT2D eigenvalue weighted by Gasteiger charge is 2.33. The number of rotatable bonds is 4. The molecule has 4 nitrogen and oxygen atoms in total. The summed E-state index contributed by atoms with van der Waals surface area (Å²) in [7, 11) is 0. The van der Waals surface area contributed by atoms with Gasteiger partial charge in [0, 0.05) is 10.7 Å². The monoisotopic (exact) mass is 375 g/mol. The van der Waals surface area contributed by atoms with Gasteiger partial charge < -0.3 is 5.32 Å². The van der Waals surface area contributed by atoms with Crippen molar-refractivity contribution >= 4 is 21.8 Å². The van der Waals surface area contributed by atoms with Crippen LogP contribution in [0, 0.1) is 0 Å². The van der Waals surface area contributed by atoms with Crippen LogP contribution in [0.5, 0.6) is 0 Å². The lowest BCUT2D eigenvalue weighted by Gasteiger charge is -2.14. The summed E-state index contributed by atoms with van der Waals surface area (Å²) in [6.45, 7) is 1.53. The Balaban J connectivity index is 1.95. The molecule has 118 valence electrons. The van der Waals surface area contributed by atoms with Gasteiger partial charge in [0.1, 0.15) is 6.54 Å². The molecule has 2 aromatic rings. The average Bonchev–Trinajstić information content (AvgIpc) is 2.87. The van der Waals surface area contributed by atoms with Crippen LogP contribution in [0.2, 0.25) is 0 Å². The largest absolute Gasteiger partial charge is 0.435 e. The molecule has 0 aliphatic rings. The molecule has 0 saturated carbocycles. The number of aromatic nitrogens is 2. The van der Waals surface area contributed by atoms with Crippen molar-refractivity contribution in [1.82, 2.24) is 15.1 Å². The summed E-state index contributed by atoms with van der Waals surface area (Å²) < 4.78 is 39.2. The summed E-state index contributed by atoms with van der Waals surface area (Å²) in [5, 5.41) is 6.05. The van der Waals surface area contributed by atoms with Crippen LogP contribution >= 0.6 is 15.9 Å². The second kappa shape index (κ2) is 6.51. The Morgan fingerprint density at radius 1 is 1.32 bits per heavy atom. The van der Waals surface area contributed by atoms with Crippen LogP contribution in [0.1, 0.15) is 24.2 Å². The van der Waals surface area contributed by atoms with Gasteiger partial charge in [-0.25, -0.2) is 0 Å². The molecule has 0 aliphatic carbocycles. The average molecular weight is 376 g/mol. The maximum Gasteiger partial charge on any atom is 0.435 e. The summed E-state index contributed by atoms with van der Waals surface area (Å²) >= 11 is 3.32. The van der Waals surface area contributed by atoms with Crippen molar-refractivity contribution in [2.45, 2.75) is 25.7 Å². The molecule has 2 rings (SSSR count). The number of hydrogen-bond donors (Lipinski definition) is 1. The summed E-state index contributed by atoms with van der Waals surface area (Å²) in [5.41, 5.74) is -0.116. The quantitative estimate of drug-likeness (QED) is 0.888. The third-order valence-corrected chi connectivity index (χ3v) is 3.51. The van der Waals surface area contributed by atoms with E-state index >= 15 is 0 Å². The number of hydrogen-bond acceptors (Lipinski definition) is 2. The summed E-state index contributed by atoms with van der Waals surface area (Å²) in [4.78, 5) is 11.9. The molecule has 1 amide bonds. The molecular weight excluding hydrogens is 363 g/mol. The Kier molecular flexibility index (Phi) is 4.90. The number of carbonyl (C=O) groups excluding carboxylic acids is 1. The van der Waals surface area contributed by atoms with Crippen LogP contribution in [-0.4, -0.2) is 15.7 Å². The zero-order chi connectivity index (χ0) is 16.3. The first kappa shape index (κ1) is 16.5. The molecule has 1 aromatic heterocycles. The van der Waals surface area contributed by atoms with E-state index in [9.17, 15) is 18.0 Å². The topological polar surface area (TPSA) is 46.9 Å². The molecule has 0 saturated heterocycles. The van der Waals surface area contributed by atoms with Crippen LogP contribution in [-0.2, 0) is 17.5 Å². The highest BCUT2D eigenvalue weighted by atomic mass is 79.9. The van der Waals surface area contributed by atoms with Crippen molar-refractivity contribution in [2.75, 3.05) is 0 Å². The first-order chi connectivity index (χ1) is 10.3. The fourth-order valence-electron chi connectivity index (χ4n) is 1.87. The molecule has 0 bridgehead atoms. The van der Waals surface area contributed by atoms with Crippen LogP contribution in [0.15, 0.2) is 41.0 Å². The molecule has 0 aliphatic heterocycles. The molecule has 1 heterocycles. The van der Waals surface area contributed by atoms with Crippen molar-refractivity contribution in [1.29, 1.82) is 0 Å². The van der Waals surface area contributed by atoms with E-state index in [2.05, 4.69) is 26.3 Å². The Morgan fingerprint density at radius 3 is 2.50 bits per heavy atom. The van der Waals surface area contributed by atoms with Crippen molar-refractivity contribution in [3.8, 4) is 0 Å². The van der Waals surface area contributed by atoms with Crippen LogP contribution in [0.3, 0.4) is 0 Å². The van der Waals surface area contributed by atoms with Crippen LogP contribution in [0.4, 0.5) is 13.2 Å². The normalized spacial score (nSPS) is 13.0. The van der Waals surface area contributed by atoms with E-state index in [1.165, 1.54) is 0 Å². The van der Waals surface area contributed by atoms with Gasteiger partial charge in [-0.05, 0) is 30.7 Å². The summed E-state index contributed by atoms with van der Waals surface area (Å²) in [6, 6.07) is 7.99. The summed E-state index contributed by atoms with van der Waals surface area (Å²) in [5.74, 6) is -0.410. The number of amides is 1. The smallest absolute Gasteiger partial charge is 0.348 e. The molecule has 0 spiro atoms. The van der Waals surface area contributed by atoms with Crippen molar-refractivity contribution in [3.63, 3.8) is 0 Å². The van der Waals surface area contributed by atoms with Gasteiger partial charge in [-0.3, -0.25) is 9.48 Å². The third-order valence-electron chi connectivity index (χ3n) is 2.98. The molecule has 1 aromatic carbocycles. The minimum atomic E-state index is -4.51. The molecule has 8 heteroatoms. The lowest BCUT2D eigenvalue weighted by Crippen LogP contribution is -2.30. The van der Waals surface area contributed by atoms with Crippen molar-refractivity contribution < 1.29 is 18.0 Å². The molecule has 0 fully saturated rings. The maximum absolute atomic E-state index is 12.4. The lowest BCUT2D eigenvalue weighted by atomic mass is 10.1. The van der Waals surface area contributed by atoms with Gasteiger partial charge in [-0.2, -0.15) is 18.3 Å². The Labute approximate surface area is 133 Å². The number of nitrogens with zero attached hydrogens (tertiary/aromatic N) is 2. The SMILES string of the molecule is CC(NC(=O)Cn1ccc(C(F)(F)F)n1)c1ccc(Br)cc1. The van der Waals surface area contributed by atoms with Gasteiger partial charge in [-0.15, -0.1) is 0 Å². The number of alkyl halides is 3. The van der Waals surface area contributed by atoms with E-state index in [1.54, 1.807) is 6.92 Å². The first-order valence-corrected chi connectivity index (χ1v) is 7.20. The standard InChI is InChI=1S/C14H13BrF3N3O/c1-9(10-2-4-11(15)5-3-10)19-13(22)8-21-7-6-12(20-21)14(16,17)18/h2-7,9H,8H2,1H3,(H,19,22). The zero-order valence-electron chi connectivity index (χ0n) is 11.6. The second-order valence-corrected chi connectivity index (χ2v) is 5.65. The Bertz CT molecular complexity index is 652. The number of benzene rings is 1. The van der Waals surface area contributed by atoms with Crippen LogP contribution < -0.4 is 5.32 Å². The van der Waals surface area contributed by atoms with Gasteiger partial charge in [0.25, 0.3) is 0 Å². The van der Waals surface area contributed by atoms with Crippen molar-refractivity contribution in [2.24, 2.45) is 0 Å². The first-order valence-electron chi connectivity index (χ1n) is 6.41.